The fourth-order valence-electron chi connectivity index (χ4n) is 6.17. The fraction of sp³-hybridized carbons (Fsp3) is 0.550. The Hall–Kier alpha value is -2.04. The summed E-state index contributed by atoms with van der Waals surface area (Å²) in [5.74, 6) is 0.357. The molecule has 1 aromatic rings. The number of amides is 2. The molecule has 130 valence electrons. The van der Waals surface area contributed by atoms with E-state index < -0.39 is 17.6 Å². The van der Waals surface area contributed by atoms with Crippen LogP contribution in [-0.2, 0) is 4.79 Å². The van der Waals surface area contributed by atoms with E-state index in [0.29, 0.717) is 17.8 Å². The number of Topliss-reactive ketones (excluding diaryl/α,β-unsaturated/α-hetero) is 1. The van der Waals surface area contributed by atoms with Gasteiger partial charge in [-0.05, 0) is 74.5 Å². The molecule has 1 aliphatic heterocycles. The molecule has 1 aromatic carbocycles. The van der Waals surface area contributed by atoms with Crippen LogP contribution >= 0.6 is 0 Å². The standard InChI is InChI=1S/C20H20FNO3/c21-14-1-2-15-16(6-14)19(25)22(18(15)24)10-17(23)20-7-11-3-12(8-20)5-13(4-11)9-20/h1-2,6,11-13H,3-5,7-10H2. The molecule has 0 atom stereocenters. The number of halogens is 1. The Bertz CT molecular complexity index is 780. The topological polar surface area (TPSA) is 54.5 Å². The van der Waals surface area contributed by atoms with Gasteiger partial charge >= 0.3 is 0 Å². The molecule has 4 saturated carbocycles. The average molecular weight is 341 g/mol. The number of carbonyl (C=O) groups excluding carboxylic acids is 3. The van der Waals surface area contributed by atoms with Gasteiger partial charge in [0, 0.05) is 5.41 Å². The maximum atomic E-state index is 13.4. The third-order valence-electron chi connectivity index (χ3n) is 6.86. The van der Waals surface area contributed by atoms with Crippen molar-refractivity contribution in [2.24, 2.45) is 23.2 Å². The summed E-state index contributed by atoms with van der Waals surface area (Å²) in [7, 11) is 0. The Kier molecular flexibility index (Phi) is 3.04. The Morgan fingerprint density at radius 3 is 2.16 bits per heavy atom. The molecule has 2 amide bonds. The molecule has 0 radical (unpaired) electrons. The summed E-state index contributed by atoms with van der Waals surface area (Å²) in [5.41, 5.74) is -0.0666. The fourth-order valence-corrected chi connectivity index (χ4v) is 6.17. The van der Waals surface area contributed by atoms with Crippen LogP contribution in [0.5, 0.6) is 0 Å². The van der Waals surface area contributed by atoms with E-state index in [-0.39, 0.29) is 28.9 Å². The molecule has 25 heavy (non-hydrogen) atoms. The minimum Gasteiger partial charge on any atom is -0.297 e. The molecule has 4 aliphatic carbocycles. The van der Waals surface area contributed by atoms with Crippen molar-refractivity contribution in [1.82, 2.24) is 4.90 Å². The predicted octanol–water partition coefficient (Wildman–Crippen LogP) is 3.21. The number of benzene rings is 1. The van der Waals surface area contributed by atoms with Crippen LogP contribution in [0, 0.1) is 29.0 Å². The van der Waals surface area contributed by atoms with Gasteiger partial charge < -0.3 is 0 Å². The van der Waals surface area contributed by atoms with Gasteiger partial charge in [0.25, 0.3) is 11.8 Å². The second-order valence-corrected chi connectivity index (χ2v) is 8.51. The highest BCUT2D eigenvalue weighted by atomic mass is 19.1. The van der Waals surface area contributed by atoms with Crippen molar-refractivity contribution in [3.8, 4) is 0 Å². The number of carbonyl (C=O) groups is 3. The summed E-state index contributed by atoms with van der Waals surface area (Å²) in [6.07, 6.45) is 6.44. The molecule has 0 spiro atoms. The number of ketones is 1. The van der Waals surface area contributed by atoms with Gasteiger partial charge in [0.1, 0.15) is 5.82 Å². The molecule has 4 fully saturated rings. The van der Waals surface area contributed by atoms with Crippen molar-refractivity contribution in [3.05, 3.63) is 35.1 Å². The smallest absolute Gasteiger partial charge is 0.262 e. The van der Waals surface area contributed by atoms with E-state index in [1.807, 2.05) is 0 Å². The van der Waals surface area contributed by atoms with Crippen LogP contribution in [0.3, 0.4) is 0 Å². The van der Waals surface area contributed by atoms with Crippen LogP contribution in [0.1, 0.15) is 59.2 Å². The van der Waals surface area contributed by atoms with E-state index in [4.69, 9.17) is 0 Å². The Labute approximate surface area is 145 Å². The zero-order chi connectivity index (χ0) is 17.3. The molecule has 1 heterocycles. The van der Waals surface area contributed by atoms with Gasteiger partial charge in [-0.1, -0.05) is 0 Å². The third kappa shape index (κ3) is 2.14. The van der Waals surface area contributed by atoms with E-state index in [2.05, 4.69) is 0 Å². The Morgan fingerprint density at radius 1 is 1.00 bits per heavy atom. The lowest BCUT2D eigenvalue weighted by Gasteiger charge is -2.56. The zero-order valence-corrected chi connectivity index (χ0v) is 14.0. The second kappa shape index (κ2) is 4.99. The van der Waals surface area contributed by atoms with Gasteiger partial charge in [-0.25, -0.2) is 4.39 Å². The van der Waals surface area contributed by atoms with Gasteiger partial charge in [0.2, 0.25) is 0 Å². The summed E-state index contributed by atoms with van der Waals surface area (Å²) in [5, 5.41) is 0. The highest BCUT2D eigenvalue weighted by Crippen LogP contribution is 2.60. The molecule has 0 aromatic heterocycles. The molecular formula is C20H20FNO3. The summed E-state index contributed by atoms with van der Waals surface area (Å²) in [6, 6.07) is 3.60. The molecular weight excluding hydrogens is 321 g/mol. The van der Waals surface area contributed by atoms with E-state index >= 15 is 0 Å². The van der Waals surface area contributed by atoms with E-state index in [0.717, 1.165) is 30.2 Å². The van der Waals surface area contributed by atoms with E-state index in [1.54, 1.807) is 0 Å². The molecule has 6 rings (SSSR count). The molecule has 0 unspecified atom stereocenters. The van der Waals surface area contributed by atoms with E-state index in [9.17, 15) is 18.8 Å². The number of rotatable bonds is 3. The largest absolute Gasteiger partial charge is 0.297 e. The maximum absolute atomic E-state index is 13.4. The summed E-state index contributed by atoms with van der Waals surface area (Å²) >= 11 is 0. The highest BCUT2D eigenvalue weighted by molar-refractivity contribution is 6.22. The quantitative estimate of drug-likeness (QED) is 0.793. The van der Waals surface area contributed by atoms with Gasteiger partial charge in [-0.3, -0.25) is 19.3 Å². The number of imide groups is 1. The van der Waals surface area contributed by atoms with Crippen LogP contribution < -0.4 is 0 Å². The number of hydrogen-bond donors (Lipinski definition) is 0. The average Bonchev–Trinajstić information content (AvgIpc) is 2.78. The lowest BCUT2D eigenvalue weighted by molar-refractivity contribution is -0.144. The first-order valence-corrected chi connectivity index (χ1v) is 9.14. The van der Waals surface area contributed by atoms with Crippen LogP contribution in [0.2, 0.25) is 0 Å². The predicted molar refractivity (Wildman–Crippen MR) is 87.4 cm³/mol. The molecule has 0 N–H and O–H groups in total. The van der Waals surface area contributed by atoms with Crippen molar-refractivity contribution in [3.63, 3.8) is 0 Å². The second-order valence-electron chi connectivity index (χ2n) is 8.51. The molecule has 5 aliphatic rings. The number of nitrogens with zero attached hydrogens (tertiary/aromatic N) is 1. The maximum Gasteiger partial charge on any atom is 0.262 e. The van der Waals surface area contributed by atoms with Gasteiger partial charge in [-0.2, -0.15) is 0 Å². The Balaban J connectivity index is 1.40. The normalized spacial score (nSPS) is 35.4. The van der Waals surface area contributed by atoms with Crippen LogP contribution in [0.15, 0.2) is 18.2 Å². The lowest BCUT2D eigenvalue weighted by Crippen LogP contribution is -2.53. The van der Waals surface area contributed by atoms with E-state index in [1.165, 1.54) is 31.4 Å². The minimum absolute atomic E-state index is 0.0292. The molecule has 4 bridgehead atoms. The number of fused-ring (bicyclic) bond motifs is 1. The zero-order valence-electron chi connectivity index (χ0n) is 14.0. The van der Waals surface area contributed by atoms with Crippen molar-refractivity contribution < 1.29 is 18.8 Å². The summed E-state index contributed by atoms with van der Waals surface area (Å²) in [6.45, 7) is -0.167. The van der Waals surface area contributed by atoms with Gasteiger partial charge in [0.15, 0.2) is 5.78 Å². The molecule has 5 heteroatoms. The van der Waals surface area contributed by atoms with Crippen LogP contribution in [-0.4, -0.2) is 29.0 Å². The first kappa shape index (κ1) is 15.2. The molecule has 0 saturated heterocycles. The monoisotopic (exact) mass is 341 g/mol. The summed E-state index contributed by atoms with van der Waals surface area (Å²) < 4.78 is 13.4. The highest BCUT2D eigenvalue weighted by Gasteiger charge is 2.55. The SMILES string of the molecule is O=C1c2ccc(F)cc2C(=O)N1CC(=O)C12CC3CC(CC(C3)C1)C2. The summed E-state index contributed by atoms with van der Waals surface area (Å²) in [4.78, 5) is 39.2. The minimum atomic E-state index is -0.547. The van der Waals surface area contributed by atoms with Gasteiger partial charge in [0.05, 0.1) is 17.7 Å². The van der Waals surface area contributed by atoms with Crippen molar-refractivity contribution >= 4 is 17.6 Å². The van der Waals surface area contributed by atoms with Crippen LogP contribution in [0.25, 0.3) is 0 Å². The first-order chi connectivity index (χ1) is 11.9. The lowest BCUT2D eigenvalue weighted by atomic mass is 9.48. The van der Waals surface area contributed by atoms with Crippen molar-refractivity contribution in [1.29, 1.82) is 0 Å². The molecule has 4 nitrogen and oxygen atoms in total. The van der Waals surface area contributed by atoms with Crippen molar-refractivity contribution in [2.45, 2.75) is 38.5 Å². The van der Waals surface area contributed by atoms with Crippen molar-refractivity contribution in [2.75, 3.05) is 6.54 Å². The third-order valence-corrected chi connectivity index (χ3v) is 6.86. The van der Waals surface area contributed by atoms with Gasteiger partial charge in [-0.15, -0.1) is 0 Å². The number of hydrogen-bond acceptors (Lipinski definition) is 3. The van der Waals surface area contributed by atoms with Crippen LogP contribution in [0.4, 0.5) is 4.39 Å². The first-order valence-electron chi connectivity index (χ1n) is 9.14. The Morgan fingerprint density at radius 2 is 1.56 bits per heavy atom.